The minimum atomic E-state index is 0.118. The molecule has 0 saturated carbocycles. The number of fused-ring (bicyclic) bond motifs is 1. The molecule has 0 aliphatic carbocycles. The molecule has 3 aromatic rings. The molecule has 1 fully saturated rings. The van der Waals surface area contributed by atoms with Gasteiger partial charge in [-0.2, -0.15) is 0 Å². The molecule has 0 unspecified atom stereocenters. The van der Waals surface area contributed by atoms with E-state index in [1.165, 1.54) is 0 Å². The highest BCUT2D eigenvalue weighted by atomic mass is 16.2. The Morgan fingerprint density at radius 1 is 0.833 bits per heavy atom. The molecule has 0 bridgehead atoms. The van der Waals surface area contributed by atoms with Gasteiger partial charge in [-0.15, -0.1) is 0 Å². The summed E-state index contributed by atoms with van der Waals surface area (Å²) in [6.07, 6.45) is 1.81. The fourth-order valence-corrected chi connectivity index (χ4v) is 3.26. The Balaban J connectivity index is 1.52. The molecule has 4 rings (SSSR count). The van der Waals surface area contributed by atoms with Crippen LogP contribution in [0.2, 0.25) is 0 Å². The number of carbonyl (C=O) groups is 1. The van der Waals surface area contributed by atoms with E-state index in [2.05, 4.69) is 9.88 Å². The van der Waals surface area contributed by atoms with Crippen molar-refractivity contribution in [2.75, 3.05) is 31.1 Å². The average Bonchev–Trinajstić information content (AvgIpc) is 2.68. The normalized spacial score (nSPS) is 14.8. The third-order valence-corrected chi connectivity index (χ3v) is 4.56. The minimum Gasteiger partial charge on any atom is -0.353 e. The van der Waals surface area contributed by atoms with Gasteiger partial charge in [0.25, 0.3) is 5.91 Å². The SMILES string of the molecule is O=C(c1cccc2ccccc12)N1CCN(c2ccccn2)CC1. The van der Waals surface area contributed by atoms with E-state index in [9.17, 15) is 4.79 Å². The van der Waals surface area contributed by atoms with Crippen LogP contribution in [-0.4, -0.2) is 42.0 Å². The lowest BCUT2D eigenvalue weighted by Crippen LogP contribution is -2.49. The van der Waals surface area contributed by atoms with E-state index in [1.807, 2.05) is 71.8 Å². The molecule has 1 aliphatic heterocycles. The zero-order valence-corrected chi connectivity index (χ0v) is 13.4. The van der Waals surface area contributed by atoms with Crippen molar-refractivity contribution in [3.63, 3.8) is 0 Å². The Hall–Kier alpha value is -2.88. The summed E-state index contributed by atoms with van der Waals surface area (Å²) in [5.74, 6) is 1.10. The Labute approximate surface area is 141 Å². The predicted octanol–water partition coefficient (Wildman–Crippen LogP) is 3.20. The molecule has 1 aliphatic rings. The summed E-state index contributed by atoms with van der Waals surface area (Å²) in [4.78, 5) is 21.5. The van der Waals surface area contributed by atoms with Crippen molar-refractivity contribution in [3.8, 4) is 0 Å². The van der Waals surface area contributed by atoms with Crippen molar-refractivity contribution < 1.29 is 4.79 Å². The molecule has 1 amide bonds. The third-order valence-electron chi connectivity index (χ3n) is 4.56. The molecule has 2 aromatic carbocycles. The van der Waals surface area contributed by atoms with Crippen LogP contribution in [0.25, 0.3) is 10.8 Å². The maximum atomic E-state index is 12.9. The van der Waals surface area contributed by atoms with Gasteiger partial charge in [0.1, 0.15) is 5.82 Å². The molecule has 4 nitrogen and oxygen atoms in total. The van der Waals surface area contributed by atoms with Crippen molar-refractivity contribution in [1.82, 2.24) is 9.88 Å². The summed E-state index contributed by atoms with van der Waals surface area (Å²) in [6.45, 7) is 3.07. The van der Waals surface area contributed by atoms with Crippen LogP contribution in [0, 0.1) is 0 Å². The molecule has 1 saturated heterocycles. The fraction of sp³-hybridized carbons (Fsp3) is 0.200. The largest absolute Gasteiger partial charge is 0.353 e. The van der Waals surface area contributed by atoms with Gasteiger partial charge in [-0.25, -0.2) is 4.98 Å². The lowest BCUT2D eigenvalue weighted by Gasteiger charge is -2.35. The van der Waals surface area contributed by atoms with Crippen LogP contribution in [-0.2, 0) is 0 Å². The van der Waals surface area contributed by atoms with Crippen LogP contribution in [0.5, 0.6) is 0 Å². The summed E-state index contributed by atoms with van der Waals surface area (Å²) in [7, 11) is 0. The van der Waals surface area contributed by atoms with Gasteiger partial charge in [0, 0.05) is 37.9 Å². The smallest absolute Gasteiger partial charge is 0.254 e. The number of piperazine rings is 1. The number of aromatic nitrogens is 1. The standard InChI is InChI=1S/C20H19N3O/c24-20(18-9-5-7-16-6-1-2-8-17(16)18)23-14-12-22(13-15-23)19-10-3-4-11-21-19/h1-11H,12-15H2. The van der Waals surface area contributed by atoms with Crippen molar-refractivity contribution in [1.29, 1.82) is 0 Å². The van der Waals surface area contributed by atoms with E-state index in [4.69, 9.17) is 0 Å². The van der Waals surface area contributed by atoms with Crippen molar-refractivity contribution in [3.05, 3.63) is 72.4 Å². The van der Waals surface area contributed by atoms with E-state index in [1.54, 1.807) is 0 Å². The van der Waals surface area contributed by atoms with E-state index in [0.29, 0.717) is 0 Å². The van der Waals surface area contributed by atoms with Crippen LogP contribution in [0.3, 0.4) is 0 Å². The highest BCUT2D eigenvalue weighted by Crippen LogP contribution is 2.21. The number of benzene rings is 2. The monoisotopic (exact) mass is 317 g/mol. The quantitative estimate of drug-likeness (QED) is 0.728. The van der Waals surface area contributed by atoms with Crippen LogP contribution in [0.4, 0.5) is 5.82 Å². The van der Waals surface area contributed by atoms with E-state index in [-0.39, 0.29) is 5.91 Å². The highest BCUT2D eigenvalue weighted by molar-refractivity contribution is 6.07. The molecular formula is C20H19N3O. The van der Waals surface area contributed by atoms with Gasteiger partial charge in [0.15, 0.2) is 0 Å². The average molecular weight is 317 g/mol. The summed E-state index contributed by atoms with van der Waals surface area (Å²) < 4.78 is 0. The maximum Gasteiger partial charge on any atom is 0.254 e. The van der Waals surface area contributed by atoms with Crippen LogP contribution >= 0.6 is 0 Å². The first kappa shape index (κ1) is 14.7. The molecule has 1 aromatic heterocycles. The number of amides is 1. The van der Waals surface area contributed by atoms with Gasteiger partial charge in [-0.3, -0.25) is 4.79 Å². The summed E-state index contributed by atoms with van der Waals surface area (Å²) in [5.41, 5.74) is 0.791. The zero-order chi connectivity index (χ0) is 16.4. The molecular weight excluding hydrogens is 298 g/mol. The molecule has 4 heteroatoms. The highest BCUT2D eigenvalue weighted by Gasteiger charge is 2.23. The summed E-state index contributed by atoms with van der Waals surface area (Å²) in [5, 5.41) is 2.13. The van der Waals surface area contributed by atoms with Crippen molar-refractivity contribution >= 4 is 22.5 Å². The zero-order valence-electron chi connectivity index (χ0n) is 13.4. The molecule has 120 valence electrons. The van der Waals surface area contributed by atoms with Crippen LogP contribution in [0.1, 0.15) is 10.4 Å². The second-order valence-corrected chi connectivity index (χ2v) is 5.99. The summed E-state index contributed by atoms with van der Waals surface area (Å²) >= 11 is 0. The number of carbonyl (C=O) groups excluding carboxylic acids is 1. The maximum absolute atomic E-state index is 12.9. The van der Waals surface area contributed by atoms with Gasteiger partial charge in [0.2, 0.25) is 0 Å². The number of rotatable bonds is 2. The number of anilines is 1. The first-order chi connectivity index (χ1) is 11.8. The van der Waals surface area contributed by atoms with Gasteiger partial charge in [-0.1, -0.05) is 42.5 Å². The topological polar surface area (TPSA) is 36.4 Å². The Bertz CT molecular complexity index is 850. The fourth-order valence-electron chi connectivity index (χ4n) is 3.26. The molecule has 0 N–H and O–H groups in total. The molecule has 0 spiro atoms. The number of pyridine rings is 1. The number of hydrogen-bond donors (Lipinski definition) is 0. The van der Waals surface area contributed by atoms with E-state index >= 15 is 0 Å². The minimum absolute atomic E-state index is 0.118. The molecule has 24 heavy (non-hydrogen) atoms. The predicted molar refractivity (Wildman–Crippen MR) is 96.3 cm³/mol. The Kier molecular flexibility index (Phi) is 3.87. The first-order valence-electron chi connectivity index (χ1n) is 8.26. The van der Waals surface area contributed by atoms with E-state index < -0.39 is 0 Å². The first-order valence-corrected chi connectivity index (χ1v) is 8.26. The Morgan fingerprint density at radius 2 is 1.58 bits per heavy atom. The lowest BCUT2D eigenvalue weighted by molar-refractivity contribution is 0.0748. The van der Waals surface area contributed by atoms with E-state index in [0.717, 1.165) is 48.3 Å². The molecule has 0 radical (unpaired) electrons. The number of nitrogens with zero attached hydrogens (tertiary/aromatic N) is 3. The lowest BCUT2D eigenvalue weighted by atomic mass is 10.0. The Morgan fingerprint density at radius 3 is 2.38 bits per heavy atom. The van der Waals surface area contributed by atoms with Crippen molar-refractivity contribution in [2.45, 2.75) is 0 Å². The number of hydrogen-bond acceptors (Lipinski definition) is 3. The van der Waals surface area contributed by atoms with Gasteiger partial charge >= 0.3 is 0 Å². The summed E-state index contributed by atoms with van der Waals surface area (Å²) in [6, 6.07) is 19.9. The second-order valence-electron chi connectivity index (χ2n) is 5.99. The van der Waals surface area contributed by atoms with Gasteiger partial charge < -0.3 is 9.80 Å². The van der Waals surface area contributed by atoms with Crippen LogP contribution in [0.15, 0.2) is 66.9 Å². The van der Waals surface area contributed by atoms with Gasteiger partial charge in [0.05, 0.1) is 0 Å². The molecule has 0 atom stereocenters. The third kappa shape index (κ3) is 2.71. The second kappa shape index (κ2) is 6.32. The molecule has 2 heterocycles. The van der Waals surface area contributed by atoms with Gasteiger partial charge in [-0.05, 0) is 29.0 Å². The van der Waals surface area contributed by atoms with Crippen molar-refractivity contribution in [2.24, 2.45) is 0 Å². The van der Waals surface area contributed by atoms with Crippen LogP contribution < -0.4 is 4.90 Å².